The van der Waals surface area contributed by atoms with Crippen LogP contribution in [0.3, 0.4) is 0 Å². The lowest BCUT2D eigenvalue weighted by Crippen LogP contribution is -2.47. The number of aryl methyl sites for hydroxylation is 1. The van der Waals surface area contributed by atoms with E-state index in [1.165, 1.54) is 0 Å². The zero-order valence-electron chi connectivity index (χ0n) is 10.2. The Hall–Kier alpha value is -1.07. The predicted octanol–water partition coefficient (Wildman–Crippen LogP) is 0.666. The van der Waals surface area contributed by atoms with Gasteiger partial charge in [0.25, 0.3) is 5.91 Å². The van der Waals surface area contributed by atoms with Crippen LogP contribution in [0.1, 0.15) is 23.3 Å². The summed E-state index contributed by atoms with van der Waals surface area (Å²) >= 11 is 0. The van der Waals surface area contributed by atoms with E-state index in [4.69, 9.17) is 0 Å². The van der Waals surface area contributed by atoms with Crippen LogP contribution in [-0.2, 0) is 7.05 Å². The molecule has 1 aliphatic rings. The first kappa shape index (κ1) is 14.0. The summed E-state index contributed by atoms with van der Waals surface area (Å²) in [5.41, 5.74) is 0.664. The molecule has 6 heteroatoms. The highest BCUT2D eigenvalue weighted by Gasteiger charge is 2.24. The van der Waals surface area contributed by atoms with Crippen LogP contribution in [-0.4, -0.2) is 46.8 Å². The van der Waals surface area contributed by atoms with Gasteiger partial charge >= 0.3 is 0 Å². The Balaban J connectivity index is 0.00000144. The van der Waals surface area contributed by atoms with E-state index in [2.05, 4.69) is 10.4 Å². The molecular formula is C11H19ClN4O. The molecule has 96 valence electrons. The molecule has 1 unspecified atom stereocenters. The third kappa shape index (κ3) is 2.98. The summed E-state index contributed by atoms with van der Waals surface area (Å²) in [6.07, 6.45) is 3.87. The van der Waals surface area contributed by atoms with Crippen molar-refractivity contribution in [1.82, 2.24) is 20.0 Å². The molecule has 1 amide bonds. The van der Waals surface area contributed by atoms with Gasteiger partial charge in [0.05, 0.1) is 0 Å². The first-order chi connectivity index (χ1) is 7.72. The van der Waals surface area contributed by atoms with Gasteiger partial charge in [-0.05, 0) is 26.0 Å². The normalized spacial score (nSPS) is 19.9. The molecule has 0 bridgehead atoms. The van der Waals surface area contributed by atoms with Gasteiger partial charge in [-0.1, -0.05) is 0 Å². The van der Waals surface area contributed by atoms with Crippen molar-refractivity contribution in [2.75, 3.05) is 20.1 Å². The van der Waals surface area contributed by atoms with E-state index >= 15 is 0 Å². The van der Waals surface area contributed by atoms with Crippen molar-refractivity contribution in [1.29, 1.82) is 0 Å². The molecule has 1 aliphatic heterocycles. The van der Waals surface area contributed by atoms with Crippen LogP contribution in [0.25, 0.3) is 0 Å². The lowest BCUT2D eigenvalue weighted by molar-refractivity contribution is 0.0687. The number of rotatable bonds is 2. The highest BCUT2D eigenvalue weighted by atomic mass is 35.5. The fourth-order valence-electron chi connectivity index (χ4n) is 2.14. The van der Waals surface area contributed by atoms with Crippen LogP contribution in [0.5, 0.6) is 0 Å². The first-order valence-corrected chi connectivity index (χ1v) is 5.67. The topological polar surface area (TPSA) is 50.2 Å². The third-order valence-corrected chi connectivity index (χ3v) is 3.16. The number of hydrogen-bond acceptors (Lipinski definition) is 3. The quantitative estimate of drug-likeness (QED) is 0.848. The maximum atomic E-state index is 12.2. The minimum absolute atomic E-state index is 0. The van der Waals surface area contributed by atoms with Gasteiger partial charge in [0.2, 0.25) is 0 Å². The van der Waals surface area contributed by atoms with Gasteiger partial charge in [0.15, 0.2) is 0 Å². The Kier molecular flexibility index (Phi) is 4.96. The smallest absolute Gasteiger partial charge is 0.272 e. The molecule has 0 aliphatic carbocycles. The van der Waals surface area contributed by atoms with Gasteiger partial charge in [-0.25, -0.2) is 0 Å². The van der Waals surface area contributed by atoms with Crippen LogP contribution < -0.4 is 5.32 Å². The lowest BCUT2D eigenvalue weighted by atomic mass is 10.1. The predicted molar refractivity (Wildman–Crippen MR) is 68.4 cm³/mol. The Morgan fingerprint density at radius 2 is 2.35 bits per heavy atom. The number of amides is 1. The fraction of sp³-hybridized carbons (Fsp3) is 0.636. The molecular weight excluding hydrogens is 240 g/mol. The van der Waals surface area contributed by atoms with Crippen molar-refractivity contribution in [2.24, 2.45) is 7.05 Å². The molecule has 0 saturated carbocycles. The number of nitrogens with zero attached hydrogens (tertiary/aromatic N) is 3. The Morgan fingerprint density at radius 1 is 1.59 bits per heavy atom. The molecule has 1 N–H and O–H groups in total. The fourth-order valence-corrected chi connectivity index (χ4v) is 2.14. The maximum absolute atomic E-state index is 12.2. The molecule has 1 saturated heterocycles. The SMILES string of the molecule is CNC1CCCN(C(=O)c2ccnn2C)C1.Cl. The lowest BCUT2D eigenvalue weighted by Gasteiger charge is -2.32. The number of piperidine rings is 1. The van der Waals surface area contributed by atoms with Crippen molar-refractivity contribution in [2.45, 2.75) is 18.9 Å². The van der Waals surface area contributed by atoms with E-state index < -0.39 is 0 Å². The van der Waals surface area contributed by atoms with E-state index in [0.29, 0.717) is 11.7 Å². The average Bonchev–Trinajstić information content (AvgIpc) is 2.74. The molecule has 1 atom stereocenters. The van der Waals surface area contributed by atoms with Gasteiger partial charge in [0, 0.05) is 32.4 Å². The zero-order chi connectivity index (χ0) is 11.5. The first-order valence-electron chi connectivity index (χ1n) is 5.67. The second-order valence-corrected chi connectivity index (χ2v) is 4.22. The molecule has 1 aromatic heterocycles. The van der Waals surface area contributed by atoms with Crippen molar-refractivity contribution >= 4 is 18.3 Å². The van der Waals surface area contributed by atoms with Crippen LogP contribution in [0, 0.1) is 0 Å². The maximum Gasteiger partial charge on any atom is 0.272 e. The standard InChI is InChI=1S/C11H18N4O.ClH/c1-12-9-4-3-7-15(8-9)11(16)10-5-6-13-14(10)2;/h5-6,9,12H,3-4,7-8H2,1-2H3;1H. The molecule has 0 radical (unpaired) electrons. The van der Waals surface area contributed by atoms with Gasteiger partial charge in [-0.2, -0.15) is 5.10 Å². The molecule has 0 aromatic carbocycles. The van der Waals surface area contributed by atoms with Crippen LogP contribution in [0.4, 0.5) is 0 Å². The van der Waals surface area contributed by atoms with Crippen molar-refractivity contribution in [3.05, 3.63) is 18.0 Å². The summed E-state index contributed by atoms with van der Waals surface area (Å²) in [5.74, 6) is 0.0833. The van der Waals surface area contributed by atoms with E-state index in [1.54, 1.807) is 24.0 Å². The Bertz CT molecular complexity index is 379. The highest BCUT2D eigenvalue weighted by Crippen LogP contribution is 2.13. The summed E-state index contributed by atoms with van der Waals surface area (Å²) in [4.78, 5) is 14.1. The van der Waals surface area contributed by atoms with E-state index in [0.717, 1.165) is 25.9 Å². The number of halogens is 1. The minimum Gasteiger partial charge on any atom is -0.336 e. The van der Waals surface area contributed by atoms with E-state index in [1.807, 2.05) is 11.9 Å². The van der Waals surface area contributed by atoms with Gasteiger partial charge < -0.3 is 10.2 Å². The molecule has 17 heavy (non-hydrogen) atoms. The summed E-state index contributed by atoms with van der Waals surface area (Å²) in [5, 5.41) is 7.26. The Labute approximate surface area is 108 Å². The number of likely N-dealkylation sites (N-methyl/N-ethyl adjacent to an activating group) is 1. The second kappa shape index (κ2) is 6.02. The molecule has 5 nitrogen and oxygen atoms in total. The van der Waals surface area contributed by atoms with Crippen molar-refractivity contribution < 1.29 is 4.79 Å². The molecule has 2 heterocycles. The largest absolute Gasteiger partial charge is 0.336 e. The Morgan fingerprint density at radius 3 is 2.94 bits per heavy atom. The zero-order valence-corrected chi connectivity index (χ0v) is 11.0. The minimum atomic E-state index is 0. The number of carbonyl (C=O) groups is 1. The number of hydrogen-bond donors (Lipinski definition) is 1. The molecule has 2 rings (SSSR count). The number of aromatic nitrogens is 2. The number of carbonyl (C=O) groups excluding carboxylic acids is 1. The number of likely N-dealkylation sites (tertiary alicyclic amines) is 1. The third-order valence-electron chi connectivity index (χ3n) is 3.16. The molecule has 0 spiro atoms. The van der Waals surface area contributed by atoms with Crippen LogP contribution in [0.15, 0.2) is 12.3 Å². The number of nitrogens with one attached hydrogen (secondary N) is 1. The summed E-state index contributed by atoms with van der Waals surface area (Å²) in [6.45, 7) is 1.64. The second-order valence-electron chi connectivity index (χ2n) is 4.22. The molecule has 1 fully saturated rings. The van der Waals surface area contributed by atoms with E-state index in [-0.39, 0.29) is 18.3 Å². The summed E-state index contributed by atoms with van der Waals surface area (Å²) < 4.78 is 1.63. The van der Waals surface area contributed by atoms with Crippen LogP contribution in [0.2, 0.25) is 0 Å². The van der Waals surface area contributed by atoms with Gasteiger partial charge in [-0.3, -0.25) is 9.48 Å². The monoisotopic (exact) mass is 258 g/mol. The van der Waals surface area contributed by atoms with Crippen molar-refractivity contribution in [3.8, 4) is 0 Å². The summed E-state index contributed by atoms with van der Waals surface area (Å²) in [6, 6.07) is 2.19. The van der Waals surface area contributed by atoms with Crippen LogP contribution >= 0.6 is 12.4 Å². The summed E-state index contributed by atoms with van der Waals surface area (Å²) in [7, 11) is 3.75. The van der Waals surface area contributed by atoms with Gasteiger partial charge in [-0.15, -0.1) is 12.4 Å². The van der Waals surface area contributed by atoms with Gasteiger partial charge in [0.1, 0.15) is 5.69 Å². The van der Waals surface area contributed by atoms with Crippen molar-refractivity contribution in [3.63, 3.8) is 0 Å². The molecule has 1 aromatic rings. The van der Waals surface area contributed by atoms with E-state index in [9.17, 15) is 4.79 Å². The highest BCUT2D eigenvalue weighted by molar-refractivity contribution is 5.92. The average molecular weight is 259 g/mol.